The maximum atomic E-state index is 6.22. The molecule has 3 aromatic carbocycles. The zero-order valence-corrected chi connectivity index (χ0v) is 25.1. The monoisotopic (exact) mass is 665 g/mol. The van der Waals surface area contributed by atoms with Crippen molar-refractivity contribution in [2.75, 3.05) is 54.6 Å². The van der Waals surface area contributed by atoms with Gasteiger partial charge in [0.15, 0.2) is 0 Å². The number of nitrogens with one attached hydrogen (secondary N) is 1. The van der Waals surface area contributed by atoms with Crippen molar-refractivity contribution < 1.29 is 9.47 Å². The molecule has 0 saturated carbocycles. The smallest absolute Gasteiger partial charge is 0.250 e. The van der Waals surface area contributed by atoms with Gasteiger partial charge in [-0.1, -0.05) is 42.5 Å². The van der Waals surface area contributed by atoms with Crippen LogP contribution in [-0.4, -0.2) is 60.6 Å². The van der Waals surface area contributed by atoms with E-state index in [1.807, 2.05) is 24.3 Å². The topological polar surface area (TPSA) is 88.0 Å². The van der Waals surface area contributed by atoms with Gasteiger partial charge in [-0.15, -0.1) is 0 Å². The molecular weight excluding hydrogens is 638 g/mol. The van der Waals surface area contributed by atoms with Crippen LogP contribution >= 0.6 is 31.9 Å². The minimum absolute atomic E-state index is 0.419. The lowest BCUT2D eigenvalue weighted by Crippen LogP contribution is -2.38. The summed E-state index contributed by atoms with van der Waals surface area (Å²) in [5, 5.41) is 6.82. The van der Waals surface area contributed by atoms with Crippen molar-refractivity contribution in [3.63, 3.8) is 0 Å². The van der Waals surface area contributed by atoms with Gasteiger partial charge in [-0.2, -0.15) is 20.1 Å². The van der Waals surface area contributed by atoms with Gasteiger partial charge in [0, 0.05) is 26.2 Å². The van der Waals surface area contributed by atoms with E-state index >= 15 is 0 Å². The second-order valence-corrected chi connectivity index (χ2v) is 11.4. The highest BCUT2D eigenvalue weighted by Gasteiger charge is 2.21. The first-order valence-corrected chi connectivity index (χ1v) is 14.9. The van der Waals surface area contributed by atoms with E-state index in [1.54, 1.807) is 6.21 Å². The first-order valence-electron chi connectivity index (χ1n) is 13.4. The molecule has 1 N–H and O–H groups in total. The predicted molar refractivity (Wildman–Crippen MR) is 166 cm³/mol. The van der Waals surface area contributed by atoms with E-state index in [1.165, 1.54) is 10.8 Å². The Morgan fingerprint density at radius 1 is 0.875 bits per heavy atom. The van der Waals surface area contributed by atoms with Crippen LogP contribution in [0.1, 0.15) is 24.0 Å². The molecule has 0 bridgehead atoms. The zero-order chi connectivity index (χ0) is 27.3. The summed E-state index contributed by atoms with van der Waals surface area (Å²) in [6, 6.07) is 18.5. The second-order valence-electron chi connectivity index (χ2n) is 9.66. The lowest BCUT2D eigenvalue weighted by atomic mass is 10.1. The van der Waals surface area contributed by atoms with Crippen LogP contribution in [0.15, 0.2) is 68.6 Å². The van der Waals surface area contributed by atoms with E-state index in [2.05, 4.69) is 92.5 Å². The maximum Gasteiger partial charge on any atom is 0.250 e. The van der Waals surface area contributed by atoms with Gasteiger partial charge in [0.1, 0.15) is 12.4 Å². The Kier molecular flexibility index (Phi) is 8.40. The number of hydrazone groups is 1. The van der Waals surface area contributed by atoms with Crippen LogP contribution < -0.4 is 20.0 Å². The lowest BCUT2D eigenvalue weighted by molar-refractivity contribution is 0.122. The number of ether oxygens (including phenoxy) is 2. The van der Waals surface area contributed by atoms with Gasteiger partial charge in [0.05, 0.1) is 28.4 Å². The van der Waals surface area contributed by atoms with Crippen LogP contribution in [0.2, 0.25) is 0 Å². The fraction of sp³-hybridized carbons (Fsp3) is 0.310. The Hall–Kier alpha value is -3.28. The normalized spacial score (nSPS) is 15.8. The molecule has 2 aliphatic heterocycles. The van der Waals surface area contributed by atoms with Crippen molar-refractivity contribution in [2.24, 2.45) is 5.10 Å². The molecule has 2 fully saturated rings. The van der Waals surface area contributed by atoms with Gasteiger partial charge in [-0.25, -0.2) is 5.43 Å². The fourth-order valence-electron chi connectivity index (χ4n) is 4.89. The van der Waals surface area contributed by atoms with E-state index < -0.39 is 0 Å². The van der Waals surface area contributed by atoms with Gasteiger partial charge < -0.3 is 19.3 Å². The molecule has 0 amide bonds. The molecular formula is C29H29Br2N7O2. The Labute approximate surface area is 249 Å². The van der Waals surface area contributed by atoms with Gasteiger partial charge in [-0.3, -0.25) is 0 Å². The number of hydrogen-bond donors (Lipinski definition) is 1. The quantitative estimate of drug-likeness (QED) is 0.181. The average molecular weight is 667 g/mol. The van der Waals surface area contributed by atoms with Crippen molar-refractivity contribution >= 4 is 66.7 Å². The van der Waals surface area contributed by atoms with Crippen molar-refractivity contribution in [3.8, 4) is 5.75 Å². The molecule has 4 aromatic rings. The highest BCUT2D eigenvalue weighted by Crippen LogP contribution is 2.35. The summed E-state index contributed by atoms with van der Waals surface area (Å²) in [5.74, 6) is 2.49. The van der Waals surface area contributed by atoms with Crippen LogP contribution in [0.4, 0.5) is 17.8 Å². The van der Waals surface area contributed by atoms with Crippen molar-refractivity contribution in [1.29, 1.82) is 0 Å². The second kappa shape index (κ2) is 12.5. The minimum atomic E-state index is 0.419. The SMILES string of the molecule is Brc1cc(/C=N\Nc2nc(N3CCCC3)nc(N3CCOCC3)n2)cc(Br)c1OCc1cccc2ccccc12. The Morgan fingerprint density at radius 3 is 2.30 bits per heavy atom. The van der Waals surface area contributed by atoms with Crippen LogP contribution in [0, 0.1) is 0 Å². The highest BCUT2D eigenvalue weighted by molar-refractivity contribution is 9.11. The van der Waals surface area contributed by atoms with E-state index in [-0.39, 0.29) is 0 Å². The Morgan fingerprint density at radius 2 is 1.55 bits per heavy atom. The van der Waals surface area contributed by atoms with Crippen LogP contribution in [0.25, 0.3) is 10.8 Å². The van der Waals surface area contributed by atoms with Crippen LogP contribution in [-0.2, 0) is 11.3 Å². The summed E-state index contributed by atoms with van der Waals surface area (Å²) in [7, 11) is 0. The van der Waals surface area contributed by atoms with Gasteiger partial charge >= 0.3 is 0 Å². The molecule has 9 nitrogen and oxygen atoms in total. The molecule has 3 heterocycles. The zero-order valence-electron chi connectivity index (χ0n) is 21.9. The van der Waals surface area contributed by atoms with Gasteiger partial charge in [0.2, 0.25) is 17.8 Å². The van der Waals surface area contributed by atoms with E-state index in [9.17, 15) is 0 Å². The molecule has 2 saturated heterocycles. The molecule has 6 rings (SSSR count). The first kappa shape index (κ1) is 26.9. The van der Waals surface area contributed by atoms with Crippen LogP contribution in [0.3, 0.4) is 0 Å². The van der Waals surface area contributed by atoms with Gasteiger partial charge in [0.25, 0.3) is 0 Å². The summed E-state index contributed by atoms with van der Waals surface area (Å²) in [6.45, 7) is 5.19. The number of morpholine rings is 1. The third kappa shape index (κ3) is 6.21. The largest absolute Gasteiger partial charge is 0.487 e. The predicted octanol–water partition coefficient (Wildman–Crippen LogP) is 6.01. The molecule has 0 radical (unpaired) electrons. The molecule has 0 atom stereocenters. The number of fused-ring (bicyclic) bond motifs is 1. The average Bonchev–Trinajstić information content (AvgIpc) is 3.53. The van der Waals surface area contributed by atoms with Gasteiger partial charge in [-0.05, 0) is 78.7 Å². The summed E-state index contributed by atoms with van der Waals surface area (Å²) in [5.41, 5.74) is 5.03. The summed E-state index contributed by atoms with van der Waals surface area (Å²) < 4.78 is 13.4. The maximum absolute atomic E-state index is 6.22. The highest BCUT2D eigenvalue weighted by atomic mass is 79.9. The van der Waals surface area contributed by atoms with Crippen molar-refractivity contribution in [1.82, 2.24) is 15.0 Å². The number of anilines is 3. The summed E-state index contributed by atoms with van der Waals surface area (Å²) >= 11 is 7.34. The third-order valence-corrected chi connectivity index (χ3v) is 8.12. The number of hydrogen-bond acceptors (Lipinski definition) is 9. The summed E-state index contributed by atoms with van der Waals surface area (Å²) in [4.78, 5) is 18.4. The molecule has 0 aliphatic carbocycles. The Bertz CT molecular complexity index is 1490. The van der Waals surface area contributed by atoms with Crippen LogP contribution in [0.5, 0.6) is 5.75 Å². The molecule has 40 heavy (non-hydrogen) atoms. The molecule has 11 heteroatoms. The third-order valence-electron chi connectivity index (χ3n) is 6.95. The molecule has 2 aliphatic rings. The molecule has 0 spiro atoms. The lowest BCUT2D eigenvalue weighted by Gasteiger charge is -2.27. The number of rotatable bonds is 8. The van der Waals surface area contributed by atoms with Crippen molar-refractivity contribution in [2.45, 2.75) is 19.4 Å². The number of aromatic nitrogens is 3. The van der Waals surface area contributed by atoms with Crippen molar-refractivity contribution in [3.05, 3.63) is 74.7 Å². The first-order chi connectivity index (χ1) is 19.6. The molecule has 0 unspecified atom stereocenters. The number of nitrogens with zero attached hydrogens (tertiary/aromatic N) is 6. The van der Waals surface area contributed by atoms with E-state index in [0.29, 0.717) is 37.7 Å². The minimum Gasteiger partial charge on any atom is -0.487 e. The number of benzene rings is 3. The van der Waals surface area contributed by atoms with E-state index in [0.717, 1.165) is 64.8 Å². The summed E-state index contributed by atoms with van der Waals surface area (Å²) in [6.07, 6.45) is 4.02. The Balaban J connectivity index is 1.16. The standard InChI is InChI=1S/C29H29Br2N7O2/c30-24-16-20(17-25(31)26(24)40-19-22-8-5-7-21-6-1-2-9-23(21)22)18-32-36-27-33-28(37-10-3-4-11-37)35-29(34-27)38-12-14-39-15-13-38/h1-2,5-9,16-18H,3-4,10-15,19H2,(H,33,34,35,36)/b32-18-. The number of halogens is 2. The fourth-order valence-corrected chi connectivity index (χ4v) is 6.34. The van der Waals surface area contributed by atoms with E-state index in [4.69, 9.17) is 14.5 Å². The molecule has 1 aromatic heterocycles. The molecule has 206 valence electrons.